The topological polar surface area (TPSA) is 62.7 Å². The zero-order valence-corrected chi connectivity index (χ0v) is 17.9. The largest absolute Gasteiger partial charge is 0.466 e. The van der Waals surface area contributed by atoms with Crippen LogP contribution in [-0.2, 0) is 9.53 Å². The summed E-state index contributed by atoms with van der Waals surface area (Å²) in [5.74, 6) is 1.49. The highest BCUT2D eigenvalue weighted by atomic mass is 127. The third-order valence-corrected chi connectivity index (χ3v) is 5.25. The molecule has 1 aromatic rings. The van der Waals surface area contributed by atoms with Crippen molar-refractivity contribution in [2.45, 2.75) is 57.0 Å². The molecule has 2 saturated carbocycles. The second-order valence-electron chi connectivity index (χ2n) is 7.02. The molecule has 0 heterocycles. The van der Waals surface area contributed by atoms with Crippen LogP contribution in [0.1, 0.15) is 50.5 Å². The van der Waals surface area contributed by atoms with Crippen LogP contribution in [0.15, 0.2) is 35.3 Å². The zero-order valence-electron chi connectivity index (χ0n) is 15.6. The summed E-state index contributed by atoms with van der Waals surface area (Å²) in [4.78, 5) is 16.2. The molecule has 0 radical (unpaired) electrons. The molecule has 2 unspecified atom stereocenters. The SMILES string of the molecule is CCOC(=O)C1CCC(NC(=NC)NC2CC2c2ccccc2)CC1.I. The third-order valence-electron chi connectivity index (χ3n) is 5.25. The maximum absolute atomic E-state index is 11.8. The minimum absolute atomic E-state index is 0. The second kappa shape index (κ2) is 10.1. The molecule has 0 amide bonds. The summed E-state index contributed by atoms with van der Waals surface area (Å²) in [7, 11) is 1.82. The summed E-state index contributed by atoms with van der Waals surface area (Å²) in [6.07, 6.45) is 4.90. The van der Waals surface area contributed by atoms with Crippen LogP contribution < -0.4 is 10.6 Å². The number of carbonyl (C=O) groups excluding carboxylic acids is 1. The number of esters is 1. The van der Waals surface area contributed by atoms with E-state index in [9.17, 15) is 4.79 Å². The van der Waals surface area contributed by atoms with Gasteiger partial charge in [-0.05, 0) is 44.6 Å². The first kappa shape index (κ1) is 21.0. The predicted molar refractivity (Wildman–Crippen MR) is 115 cm³/mol. The van der Waals surface area contributed by atoms with Gasteiger partial charge < -0.3 is 15.4 Å². The molecule has 2 atom stereocenters. The van der Waals surface area contributed by atoms with Crippen molar-refractivity contribution in [3.8, 4) is 0 Å². The molecule has 2 aliphatic rings. The molecule has 3 rings (SSSR count). The maximum Gasteiger partial charge on any atom is 0.308 e. The van der Waals surface area contributed by atoms with Gasteiger partial charge in [-0.3, -0.25) is 9.79 Å². The Morgan fingerprint density at radius 1 is 1.15 bits per heavy atom. The molecule has 2 aliphatic carbocycles. The van der Waals surface area contributed by atoms with Crippen LogP contribution in [0.25, 0.3) is 0 Å². The molecule has 5 nitrogen and oxygen atoms in total. The van der Waals surface area contributed by atoms with Crippen LogP contribution in [0, 0.1) is 5.92 Å². The lowest BCUT2D eigenvalue weighted by Gasteiger charge is -2.29. The zero-order chi connectivity index (χ0) is 17.6. The number of benzene rings is 1. The molecule has 2 fully saturated rings. The average Bonchev–Trinajstić information content (AvgIpc) is 3.42. The summed E-state index contributed by atoms with van der Waals surface area (Å²) < 4.78 is 5.14. The normalized spacial score (nSPS) is 27.8. The van der Waals surface area contributed by atoms with Crippen LogP contribution in [0.3, 0.4) is 0 Å². The molecule has 26 heavy (non-hydrogen) atoms. The monoisotopic (exact) mass is 471 g/mol. The fraction of sp³-hybridized carbons (Fsp3) is 0.600. The third kappa shape index (κ3) is 5.59. The van der Waals surface area contributed by atoms with Gasteiger partial charge in [0.1, 0.15) is 0 Å². The van der Waals surface area contributed by atoms with Gasteiger partial charge in [-0.1, -0.05) is 30.3 Å². The van der Waals surface area contributed by atoms with Crippen LogP contribution >= 0.6 is 24.0 Å². The molecule has 0 spiro atoms. The Bertz CT molecular complexity index is 600. The van der Waals surface area contributed by atoms with Crippen molar-refractivity contribution in [1.29, 1.82) is 0 Å². The lowest BCUT2D eigenvalue weighted by atomic mass is 9.86. The van der Waals surface area contributed by atoms with Crippen molar-refractivity contribution in [2.24, 2.45) is 10.9 Å². The highest BCUT2D eigenvalue weighted by Crippen LogP contribution is 2.40. The van der Waals surface area contributed by atoms with Crippen molar-refractivity contribution < 1.29 is 9.53 Å². The maximum atomic E-state index is 11.8. The summed E-state index contributed by atoms with van der Waals surface area (Å²) in [6, 6.07) is 11.5. The molecule has 0 aliphatic heterocycles. The number of rotatable bonds is 5. The van der Waals surface area contributed by atoms with E-state index in [0.29, 0.717) is 24.6 Å². The minimum atomic E-state index is -0.0351. The van der Waals surface area contributed by atoms with Crippen LogP contribution in [0.4, 0.5) is 0 Å². The summed E-state index contributed by atoms with van der Waals surface area (Å²) in [5.41, 5.74) is 1.39. The van der Waals surface area contributed by atoms with E-state index in [4.69, 9.17) is 4.74 Å². The number of aliphatic imine (C=N–C) groups is 1. The number of guanidine groups is 1. The van der Waals surface area contributed by atoms with Gasteiger partial charge in [0.05, 0.1) is 12.5 Å². The first-order valence-corrected chi connectivity index (χ1v) is 9.42. The van der Waals surface area contributed by atoms with Crippen LogP contribution in [-0.4, -0.2) is 37.7 Å². The van der Waals surface area contributed by atoms with E-state index < -0.39 is 0 Å². The quantitative estimate of drug-likeness (QED) is 0.299. The van der Waals surface area contributed by atoms with E-state index in [-0.39, 0.29) is 35.9 Å². The Kier molecular flexibility index (Phi) is 8.18. The number of carbonyl (C=O) groups is 1. The van der Waals surface area contributed by atoms with Gasteiger partial charge in [-0.2, -0.15) is 0 Å². The van der Waals surface area contributed by atoms with Crippen LogP contribution in [0.2, 0.25) is 0 Å². The molecule has 6 heteroatoms. The van der Waals surface area contributed by atoms with Gasteiger partial charge >= 0.3 is 5.97 Å². The number of hydrogen-bond acceptors (Lipinski definition) is 3. The lowest BCUT2D eigenvalue weighted by Crippen LogP contribution is -2.46. The lowest BCUT2D eigenvalue weighted by molar-refractivity contribution is -0.149. The summed E-state index contributed by atoms with van der Waals surface area (Å²) in [5, 5.41) is 7.07. The number of nitrogens with one attached hydrogen (secondary N) is 2. The minimum Gasteiger partial charge on any atom is -0.466 e. The van der Waals surface area contributed by atoms with E-state index >= 15 is 0 Å². The first-order valence-electron chi connectivity index (χ1n) is 9.42. The van der Waals surface area contributed by atoms with E-state index in [1.54, 1.807) is 0 Å². The molecular weight excluding hydrogens is 441 g/mol. The fourth-order valence-corrected chi connectivity index (χ4v) is 3.70. The number of halogens is 1. The molecular formula is C20H30IN3O2. The van der Waals surface area contributed by atoms with E-state index in [2.05, 4.69) is 46.0 Å². The average molecular weight is 471 g/mol. The van der Waals surface area contributed by atoms with Crippen molar-refractivity contribution >= 4 is 35.9 Å². The van der Waals surface area contributed by atoms with Crippen molar-refractivity contribution in [2.75, 3.05) is 13.7 Å². The number of hydrogen-bond donors (Lipinski definition) is 2. The molecule has 0 bridgehead atoms. The van der Waals surface area contributed by atoms with Gasteiger partial charge in [0.25, 0.3) is 0 Å². The highest BCUT2D eigenvalue weighted by Gasteiger charge is 2.39. The molecule has 144 valence electrons. The Hall–Kier alpha value is -1.31. The van der Waals surface area contributed by atoms with E-state index in [1.807, 2.05) is 14.0 Å². The summed E-state index contributed by atoms with van der Waals surface area (Å²) >= 11 is 0. The van der Waals surface area contributed by atoms with Gasteiger partial charge in [-0.25, -0.2) is 0 Å². The summed E-state index contributed by atoms with van der Waals surface area (Å²) in [6.45, 7) is 2.33. The first-order chi connectivity index (χ1) is 12.2. The van der Waals surface area contributed by atoms with E-state index in [1.165, 1.54) is 5.56 Å². The van der Waals surface area contributed by atoms with Crippen molar-refractivity contribution in [3.05, 3.63) is 35.9 Å². The predicted octanol–water partition coefficient (Wildman–Crippen LogP) is 3.45. The Balaban J connectivity index is 0.00000243. The van der Waals surface area contributed by atoms with Crippen molar-refractivity contribution in [3.63, 3.8) is 0 Å². The van der Waals surface area contributed by atoms with Crippen LogP contribution in [0.5, 0.6) is 0 Å². The van der Waals surface area contributed by atoms with Gasteiger partial charge in [0, 0.05) is 25.0 Å². The van der Waals surface area contributed by atoms with Gasteiger partial charge in [0.15, 0.2) is 5.96 Å². The Morgan fingerprint density at radius 2 is 1.85 bits per heavy atom. The number of ether oxygens (including phenoxy) is 1. The smallest absolute Gasteiger partial charge is 0.308 e. The molecule has 1 aromatic carbocycles. The second-order valence-corrected chi connectivity index (χ2v) is 7.02. The van der Waals surface area contributed by atoms with E-state index in [0.717, 1.165) is 38.1 Å². The highest BCUT2D eigenvalue weighted by molar-refractivity contribution is 14.0. The molecule has 2 N–H and O–H groups in total. The standard InChI is InChI=1S/C20H29N3O2.HI/c1-3-25-19(24)15-9-11-16(12-10-15)22-20(21-2)23-18-13-17(18)14-7-5-4-6-8-14;/h4-8,15-18H,3,9-13H2,1-2H3,(H2,21,22,23);1H. The number of nitrogens with zero attached hydrogens (tertiary/aromatic N) is 1. The Labute approximate surface area is 173 Å². The fourth-order valence-electron chi connectivity index (χ4n) is 3.70. The van der Waals surface area contributed by atoms with Gasteiger partial charge in [-0.15, -0.1) is 24.0 Å². The van der Waals surface area contributed by atoms with Crippen molar-refractivity contribution in [1.82, 2.24) is 10.6 Å². The van der Waals surface area contributed by atoms with Gasteiger partial charge in [0.2, 0.25) is 0 Å². The Morgan fingerprint density at radius 3 is 2.46 bits per heavy atom. The molecule has 0 saturated heterocycles. The molecule has 0 aromatic heterocycles.